The van der Waals surface area contributed by atoms with Crippen molar-refractivity contribution in [2.75, 3.05) is 11.1 Å². The molecule has 5 nitrogen and oxygen atoms in total. The largest absolute Gasteiger partial charge is 0.325 e. The second kappa shape index (κ2) is 9.56. The van der Waals surface area contributed by atoms with Crippen molar-refractivity contribution in [3.8, 4) is 17.1 Å². The van der Waals surface area contributed by atoms with E-state index < -0.39 is 0 Å². The van der Waals surface area contributed by atoms with Crippen LogP contribution in [0.3, 0.4) is 0 Å². The maximum atomic E-state index is 12.6. The van der Waals surface area contributed by atoms with Gasteiger partial charge in [-0.15, -0.1) is 10.2 Å². The Labute approximate surface area is 194 Å². The Morgan fingerprint density at radius 1 is 0.935 bits per heavy atom. The van der Waals surface area contributed by atoms with E-state index in [0.29, 0.717) is 26.7 Å². The number of para-hydroxylation sites is 1. The standard InChI is InChI=1S/C23H18Cl2N4OS/c1-15-18(24)12-7-13-20(15)26-21(30)14-31-23-28-27-22(17-10-5-6-11-19(17)25)29(23)16-8-3-2-4-9-16/h2-13H,14H2,1H3,(H,26,30). The number of hydrogen-bond donors (Lipinski definition) is 1. The molecule has 1 amide bonds. The molecule has 0 aliphatic rings. The van der Waals surface area contributed by atoms with Crippen molar-refractivity contribution in [2.45, 2.75) is 12.1 Å². The number of benzene rings is 3. The molecular formula is C23H18Cl2N4OS. The fourth-order valence-electron chi connectivity index (χ4n) is 3.05. The summed E-state index contributed by atoms with van der Waals surface area (Å²) in [6, 6.07) is 22.6. The summed E-state index contributed by atoms with van der Waals surface area (Å²) >= 11 is 13.9. The van der Waals surface area contributed by atoms with E-state index in [-0.39, 0.29) is 11.7 Å². The van der Waals surface area contributed by atoms with Crippen molar-refractivity contribution in [1.82, 2.24) is 14.8 Å². The lowest BCUT2D eigenvalue weighted by atomic mass is 10.2. The van der Waals surface area contributed by atoms with Gasteiger partial charge in [-0.25, -0.2) is 0 Å². The molecular weight excluding hydrogens is 451 g/mol. The van der Waals surface area contributed by atoms with E-state index in [1.54, 1.807) is 12.1 Å². The van der Waals surface area contributed by atoms with Gasteiger partial charge in [0.2, 0.25) is 5.91 Å². The Bertz CT molecular complexity index is 1230. The molecule has 4 rings (SSSR count). The molecule has 0 saturated heterocycles. The highest BCUT2D eigenvalue weighted by Crippen LogP contribution is 2.32. The molecule has 0 radical (unpaired) electrons. The number of halogens is 2. The highest BCUT2D eigenvalue weighted by Gasteiger charge is 2.19. The predicted octanol–water partition coefficient (Wildman–Crippen LogP) is 6.28. The van der Waals surface area contributed by atoms with E-state index in [1.807, 2.05) is 72.2 Å². The lowest BCUT2D eigenvalue weighted by Crippen LogP contribution is -2.15. The topological polar surface area (TPSA) is 59.8 Å². The van der Waals surface area contributed by atoms with Crippen molar-refractivity contribution in [1.29, 1.82) is 0 Å². The Kier molecular flexibility index (Phi) is 6.61. The molecule has 0 fully saturated rings. The maximum absolute atomic E-state index is 12.6. The number of thioether (sulfide) groups is 1. The zero-order valence-corrected chi connectivity index (χ0v) is 18.9. The van der Waals surface area contributed by atoms with Crippen LogP contribution in [0.2, 0.25) is 10.0 Å². The summed E-state index contributed by atoms with van der Waals surface area (Å²) < 4.78 is 1.91. The lowest BCUT2D eigenvalue weighted by Gasteiger charge is -2.12. The molecule has 1 N–H and O–H groups in total. The average Bonchev–Trinajstić information content (AvgIpc) is 3.20. The summed E-state index contributed by atoms with van der Waals surface area (Å²) in [7, 11) is 0. The van der Waals surface area contributed by atoms with Gasteiger partial charge in [0.05, 0.1) is 10.8 Å². The first-order valence-electron chi connectivity index (χ1n) is 9.48. The quantitative estimate of drug-likeness (QED) is 0.338. The van der Waals surface area contributed by atoms with E-state index in [9.17, 15) is 4.79 Å². The van der Waals surface area contributed by atoms with Crippen LogP contribution >= 0.6 is 35.0 Å². The van der Waals surface area contributed by atoms with Gasteiger partial charge in [-0.1, -0.05) is 71.4 Å². The van der Waals surface area contributed by atoms with Crippen LogP contribution in [-0.2, 0) is 4.79 Å². The van der Waals surface area contributed by atoms with E-state index in [4.69, 9.17) is 23.2 Å². The van der Waals surface area contributed by atoms with Crippen LogP contribution in [0.5, 0.6) is 0 Å². The van der Waals surface area contributed by atoms with Gasteiger partial charge in [0.15, 0.2) is 11.0 Å². The summed E-state index contributed by atoms with van der Waals surface area (Å²) in [5.74, 6) is 0.627. The van der Waals surface area contributed by atoms with Gasteiger partial charge in [-0.05, 0) is 48.9 Å². The second-order valence-corrected chi connectivity index (χ2v) is 8.46. The number of anilines is 1. The second-order valence-electron chi connectivity index (χ2n) is 6.71. The van der Waals surface area contributed by atoms with Crippen molar-refractivity contribution < 1.29 is 4.79 Å². The zero-order valence-electron chi connectivity index (χ0n) is 16.5. The van der Waals surface area contributed by atoms with Crippen LogP contribution < -0.4 is 5.32 Å². The highest BCUT2D eigenvalue weighted by molar-refractivity contribution is 7.99. The molecule has 156 valence electrons. The van der Waals surface area contributed by atoms with Crippen LogP contribution in [0.1, 0.15) is 5.56 Å². The van der Waals surface area contributed by atoms with E-state index in [0.717, 1.165) is 16.8 Å². The molecule has 0 aliphatic carbocycles. The van der Waals surface area contributed by atoms with Gasteiger partial charge in [0.1, 0.15) is 0 Å². The normalized spacial score (nSPS) is 10.8. The van der Waals surface area contributed by atoms with Crippen molar-refractivity contribution in [2.24, 2.45) is 0 Å². The van der Waals surface area contributed by atoms with Crippen LogP contribution in [-0.4, -0.2) is 26.4 Å². The lowest BCUT2D eigenvalue weighted by molar-refractivity contribution is -0.113. The van der Waals surface area contributed by atoms with E-state index in [2.05, 4.69) is 15.5 Å². The smallest absolute Gasteiger partial charge is 0.234 e. The number of carbonyl (C=O) groups is 1. The van der Waals surface area contributed by atoms with Gasteiger partial charge in [-0.2, -0.15) is 0 Å². The summed E-state index contributed by atoms with van der Waals surface area (Å²) in [5.41, 5.74) is 3.18. The molecule has 4 aromatic rings. The maximum Gasteiger partial charge on any atom is 0.234 e. The molecule has 0 atom stereocenters. The first kappa shape index (κ1) is 21.4. The van der Waals surface area contributed by atoms with Gasteiger partial charge in [0.25, 0.3) is 0 Å². The molecule has 8 heteroatoms. The molecule has 1 heterocycles. The number of nitrogens with one attached hydrogen (secondary N) is 1. The minimum Gasteiger partial charge on any atom is -0.325 e. The molecule has 3 aromatic carbocycles. The molecule has 0 spiro atoms. The fourth-order valence-corrected chi connectivity index (χ4v) is 4.20. The van der Waals surface area contributed by atoms with Gasteiger partial charge < -0.3 is 5.32 Å². The minimum atomic E-state index is -0.155. The van der Waals surface area contributed by atoms with Gasteiger partial charge in [0, 0.05) is 22.0 Å². The van der Waals surface area contributed by atoms with E-state index in [1.165, 1.54) is 11.8 Å². The summed E-state index contributed by atoms with van der Waals surface area (Å²) in [5, 5.41) is 13.4. The van der Waals surface area contributed by atoms with Crippen LogP contribution in [0.15, 0.2) is 78.0 Å². The fraction of sp³-hybridized carbons (Fsp3) is 0.0870. The molecule has 0 saturated carbocycles. The summed E-state index contributed by atoms with van der Waals surface area (Å²) in [4.78, 5) is 12.6. The highest BCUT2D eigenvalue weighted by atomic mass is 35.5. The number of amides is 1. The monoisotopic (exact) mass is 468 g/mol. The number of rotatable bonds is 6. The van der Waals surface area contributed by atoms with Crippen LogP contribution in [0, 0.1) is 6.92 Å². The zero-order chi connectivity index (χ0) is 21.8. The average molecular weight is 469 g/mol. The van der Waals surface area contributed by atoms with Crippen molar-refractivity contribution >= 4 is 46.6 Å². The summed E-state index contributed by atoms with van der Waals surface area (Å²) in [6.07, 6.45) is 0. The summed E-state index contributed by atoms with van der Waals surface area (Å²) in [6.45, 7) is 1.87. The van der Waals surface area contributed by atoms with E-state index >= 15 is 0 Å². The number of hydrogen-bond acceptors (Lipinski definition) is 4. The minimum absolute atomic E-state index is 0.155. The first-order valence-corrected chi connectivity index (χ1v) is 11.2. The molecule has 0 aliphatic heterocycles. The van der Waals surface area contributed by atoms with Crippen molar-refractivity contribution in [3.63, 3.8) is 0 Å². The Balaban J connectivity index is 1.61. The Morgan fingerprint density at radius 3 is 2.42 bits per heavy atom. The third-order valence-corrected chi connectivity index (χ3v) is 6.30. The third kappa shape index (κ3) is 4.77. The number of aromatic nitrogens is 3. The molecule has 31 heavy (non-hydrogen) atoms. The number of carbonyl (C=O) groups excluding carboxylic acids is 1. The van der Waals surface area contributed by atoms with Gasteiger partial charge >= 0.3 is 0 Å². The number of nitrogens with zero attached hydrogens (tertiary/aromatic N) is 3. The molecule has 0 bridgehead atoms. The van der Waals surface area contributed by atoms with Crippen LogP contribution in [0.4, 0.5) is 5.69 Å². The molecule has 0 unspecified atom stereocenters. The Morgan fingerprint density at radius 2 is 1.65 bits per heavy atom. The SMILES string of the molecule is Cc1c(Cl)cccc1NC(=O)CSc1nnc(-c2ccccc2Cl)n1-c1ccccc1. The first-order chi connectivity index (χ1) is 15.0. The van der Waals surface area contributed by atoms with Crippen molar-refractivity contribution in [3.05, 3.63) is 88.4 Å². The molecule has 1 aromatic heterocycles. The Hall–Kier alpha value is -2.80. The van der Waals surface area contributed by atoms with Crippen LogP contribution in [0.25, 0.3) is 17.1 Å². The van der Waals surface area contributed by atoms with Gasteiger partial charge in [-0.3, -0.25) is 9.36 Å². The predicted molar refractivity (Wildman–Crippen MR) is 127 cm³/mol. The third-order valence-electron chi connectivity index (χ3n) is 4.64.